The van der Waals surface area contributed by atoms with Gasteiger partial charge >= 0.3 is 0 Å². The Balaban J connectivity index is 1.92. The molecule has 2 heteroatoms. The van der Waals surface area contributed by atoms with E-state index < -0.39 is 0 Å². The van der Waals surface area contributed by atoms with E-state index in [1.165, 1.54) is 64.7 Å². The maximum absolute atomic E-state index is 3.58. The SMILES string of the molecule is CC1CCCCCN1CC(C)(C)C1CCCNC1. The molecule has 106 valence electrons. The van der Waals surface area contributed by atoms with Gasteiger partial charge in [0.05, 0.1) is 0 Å². The minimum atomic E-state index is 0.464. The molecule has 0 aromatic rings. The fourth-order valence-electron chi connectivity index (χ4n) is 3.74. The van der Waals surface area contributed by atoms with Crippen LogP contribution in [0.1, 0.15) is 59.3 Å². The summed E-state index contributed by atoms with van der Waals surface area (Å²) in [5.74, 6) is 0.863. The Bertz CT molecular complexity index is 243. The lowest BCUT2D eigenvalue weighted by molar-refractivity contribution is 0.0800. The minimum absolute atomic E-state index is 0.464. The average molecular weight is 252 g/mol. The maximum atomic E-state index is 3.58. The molecule has 0 bridgehead atoms. The number of hydrogen-bond donors (Lipinski definition) is 1. The number of piperidine rings is 1. The number of likely N-dealkylation sites (tertiary alicyclic amines) is 1. The zero-order chi connectivity index (χ0) is 13.0. The highest BCUT2D eigenvalue weighted by atomic mass is 15.2. The van der Waals surface area contributed by atoms with Gasteiger partial charge in [-0.25, -0.2) is 0 Å². The van der Waals surface area contributed by atoms with Gasteiger partial charge in [0.25, 0.3) is 0 Å². The van der Waals surface area contributed by atoms with Crippen LogP contribution in [-0.4, -0.2) is 37.1 Å². The van der Waals surface area contributed by atoms with Crippen LogP contribution in [0.15, 0.2) is 0 Å². The molecule has 2 atom stereocenters. The standard InChI is InChI=1S/C16H32N2/c1-14-8-5-4-6-11-18(14)13-16(2,3)15-9-7-10-17-12-15/h14-15,17H,4-13H2,1-3H3. The van der Waals surface area contributed by atoms with E-state index in [1.807, 2.05) is 0 Å². The third kappa shape index (κ3) is 3.71. The van der Waals surface area contributed by atoms with E-state index in [0.29, 0.717) is 5.41 Å². The Morgan fingerprint density at radius 1 is 1.11 bits per heavy atom. The summed E-state index contributed by atoms with van der Waals surface area (Å²) >= 11 is 0. The molecule has 0 aliphatic carbocycles. The molecule has 2 unspecified atom stereocenters. The Hall–Kier alpha value is -0.0800. The highest BCUT2D eigenvalue weighted by Gasteiger charge is 2.33. The third-order valence-corrected chi connectivity index (χ3v) is 5.20. The van der Waals surface area contributed by atoms with Gasteiger partial charge in [-0.3, -0.25) is 0 Å². The molecule has 0 saturated carbocycles. The van der Waals surface area contributed by atoms with Crippen molar-refractivity contribution >= 4 is 0 Å². The van der Waals surface area contributed by atoms with Crippen molar-refractivity contribution in [3.63, 3.8) is 0 Å². The van der Waals surface area contributed by atoms with Crippen molar-refractivity contribution in [1.82, 2.24) is 10.2 Å². The lowest BCUT2D eigenvalue weighted by Gasteiger charge is -2.42. The molecule has 0 radical (unpaired) electrons. The van der Waals surface area contributed by atoms with Crippen LogP contribution in [-0.2, 0) is 0 Å². The molecule has 2 rings (SSSR count). The van der Waals surface area contributed by atoms with E-state index >= 15 is 0 Å². The molecule has 0 aromatic heterocycles. The fourth-order valence-corrected chi connectivity index (χ4v) is 3.74. The normalized spacial score (nSPS) is 32.2. The molecule has 2 aliphatic heterocycles. The summed E-state index contributed by atoms with van der Waals surface area (Å²) in [5, 5.41) is 3.58. The van der Waals surface area contributed by atoms with E-state index in [0.717, 1.165) is 12.0 Å². The smallest absolute Gasteiger partial charge is 0.00671 e. The quantitative estimate of drug-likeness (QED) is 0.829. The topological polar surface area (TPSA) is 15.3 Å². The number of nitrogens with zero attached hydrogens (tertiary/aromatic N) is 1. The van der Waals surface area contributed by atoms with Crippen molar-refractivity contribution in [2.75, 3.05) is 26.2 Å². The van der Waals surface area contributed by atoms with E-state index in [-0.39, 0.29) is 0 Å². The number of nitrogens with one attached hydrogen (secondary N) is 1. The Labute approximate surface area is 114 Å². The van der Waals surface area contributed by atoms with E-state index in [4.69, 9.17) is 0 Å². The summed E-state index contributed by atoms with van der Waals surface area (Å²) in [6.07, 6.45) is 8.46. The van der Waals surface area contributed by atoms with Gasteiger partial charge in [-0.2, -0.15) is 0 Å². The van der Waals surface area contributed by atoms with Crippen LogP contribution in [0.3, 0.4) is 0 Å². The predicted octanol–water partition coefficient (Wildman–Crippen LogP) is 3.28. The summed E-state index contributed by atoms with van der Waals surface area (Å²) in [6.45, 7) is 12.5. The maximum Gasteiger partial charge on any atom is 0.00671 e. The first-order valence-corrected chi connectivity index (χ1v) is 8.04. The van der Waals surface area contributed by atoms with Crippen molar-refractivity contribution in [2.45, 2.75) is 65.3 Å². The van der Waals surface area contributed by atoms with Crippen LogP contribution in [0.25, 0.3) is 0 Å². The molecular formula is C16H32N2. The van der Waals surface area contributed by atoms with Crippen LogP contribution in [0.5, 0.6) is 0 Å². The molecule has 2 fully saturated rings. The summed E-state index contributed by atoms with van der Waals surface area (Å²) in [6, 6.07) is 0.795. The molecule has 2 heterocycles. The first-order chi connectivity index (χ1) is 8.59. The molecule has 0 spiro atoms. The van der Waals surface area contributed by atoms with Crippen molar-refractivity contribution in [2.24, 2.45) is 11.3 Å². The van der Waals surface area contributed by atoms with Crippen molar-refractivity contribution < 1.29 is 0 Å². The first-order valence-electron chi connectivity index (χ1n) is 8.04. The second-order valence-corrected chi connectivity index (χ2v) is 7.20. The second-order valence-electron chi connectivity index (χ2n) is 7.20. The molecule has 0 amide bonds. The zero-order valence-corrected chi connectivity index (χ0v) is 12.7. The predicted molar refractivity (Wildman–Crippen MR) is 78.9 cm³/mol. The monoisotopic (exact) mass is 252 g/mol. The van der Waals surface area contributed by atoms with Gasteiger partial charge in [0.15, 0.2) is 0 Å². The van der Waals surface area contributed by atoms with E-state index in [2.05, 4.69) is 31.0 Å². The highest BCUT2D eigenvalue weighted by Crippen LogP contribution is 2.34. The molecule has 18 heavy (non-hydrogen) atoms. The van der Waals surface area contributed by atoms with Gasteiger partial charge < -0.3 is 10.2 Å². The summed E-state index contributed by atoms with van der Waals surface area (Å²) < 4.78 is 0. The lowest BCUT2D eigenvalue weighted by Crippen LogP contribution is -2.47. The van der Waals surface area contributed by atoms with Crippen molar-refractivity contribution in [3.8, 4) is 0 Å². The van der Waals surface area contributed by atoms with E-state index in [9.17, 15) is 0 Å². The zero-order valence-electron chi connectivity index (χ0n) is 12.7. The summed E-state index contributed by atoms with van der Waals surface area (Å²) in [7, 11) is 0. The Morgan fingerprint density at radius 3 is 2.67 bits per heavy atom. The van der Waals surface area contributed by atoms with Crippen molar-refractivity contribution in [3.05, 3.63) is 0 Å². The Kier molecular flexibility index (Phi) is 5.08. The van der Waals surface area contributed by atoms with E-state index in [1.54, 1.807) is 0 Å². The Morgan fingerprint density at radius 2 is 1.94 bits per heavy atom. The summed E-state index contributed by atoms with van der Waals surface area (Å²) in [5.41, 5.74) is 0.464. The number of hydrogen-bond acceptors (Lipinski definition) is 2. The fraction of sp³-hybridized carbons (Fsp3) is 1.00. The third-order valence-electron chi connectivity index (χ3n) is 5.20. The van der Waals surface area contributed by atoms with Crippen LogP contribution in [0, 0.1) is 11.3 Å². The number of rotatable bonds is 3. The summed E-state index contributed by atoms with van der Waals surface area (Å²) in [4.78, 5) is 2.77. The van der Waals surface area contributed by atoms with Gasteiger partial charge in [-0.1, -0.05) is 26.7 Å². The van der Waals surface area contributed by atoms with Crippen LogP contribution in [0.4, 0.5) is 0 Å². The largest absolute Gasteiger partial charge is 0.316 e. The molecule has 1 N–H and O–H groups in total. The molecule has 2 saturated heterocycles. The minimum Gasteiger partial charge on any atom is -0.316 e. The van der Waals surface area contributed by atoms with Gasteiger partial charge in [-0.15, -0.1) is 0 Å². The second kappa shape index (κ2) is 6.38. The molecule has 2 nitrogen and oxygen atoms in total. The molecule has 2 aliphatic rings. The highest BCUT2D eigenvalue weighted by molar-refractivity contribution is 4.87. The van der Waals surface area contributed by atoms with Crippen molar-refractivity contribution in [1.29, 1.82) is 0 Å². The van der Waals surface area contributed by atoms with Crippen LogP contribution in [0.2, 0.25) is 0 Å². The van der Waals surface area contributed by atoms with Gasteiger partial charge in [0, 0.05) is 12.6 Å². The average Bonchev–Trinajstić information content (AvgIpc) is 2.56. The lowest BCUT2D eigenvalue weighted by atomic mass is 9.74. The van der Waals surface area contributed by atoms with Crippen LogP contribution >= 0.6 is 0 Å². The molecular weight excluding hydrogens is 220 g/mol. The first kappa shape index (κ1) is 14.3. The van der Waals surface area contributed by atoms with Gasteiger partial charge in [0.2, 0.25) is 0 Å². The van der Waals surface area contributed by atoms with Gasteiger partial charge in [-0.05, 0) is 63.6 Å². The van der Waals surface area contributed by atoms with Crippen LogP contribution < -0.4 is 5.32 Å². The molecule has 0 aromatic carbocycles. The van der Waals surface area contributed by atoms with Gasteiger partial charge in [0.1, 0.15) is 0 Å².